The third kappa shape index (κ3) is 4.77. The van der Waals surface area contributed by atoms with Crippen LogP contribution in [0.5, 0.6) is 0 Å². The van der Waals surface area contributed by atoms with E-state index >= 15 is 0 Å². The smallest absolute Gasteiger partial charge is 0.246 e. The van der Waals surface area contributed by atoms with Gasteiger partial charge < -0.3 is 14.8 Å². The topological polar surface area (TPSA) is 47.6 Å². The average molecular weight is 269 g/mol. The fraction of sp³-hybridized carbons (Fsp3) is 0.933. The summed E-state index contributed by atoms with van der Waals surface area (Å²) in [5.74, 6) is 0.0134. The first-order valence-electron chi connectivity index (χ1n) is 7.73. The molecule has 2 aliphatic carbocycles. The van der Waals surface area contributed by atoms with Crippen LogP contribution in [-0.2, 0) is 14.3 Å². The second kappa shape index (κ2) is 7.85. The van der Waals surface area contributed by atoms with Crippen LogP contribution < -0.4 is 5.32 Å². The van der Waals surface area contributed by atoms with Gasteiger partial charge in [-0.1, -0.05) is 32.1 Å². The van der Waals surface area contributed by atoms with Crippen LogP contribution in [-0.4, -0.2) is 37.9 Å². The van der Waals surface area contributed by atoms with Crippen LogP contribution in [0.2, 0.25) is 0 Å². The van der Waals surface area contributed by atoms with Crippen LogP contribution >= 0.6 is 0 Å². The molecule has 0 aromatic carbocycles. The number of nitrogens with one attached hydrogen (secondary N) is 1. The molecule has 0 heterocycles. The molecule has 2 saturated carbocycles. The number of hydrogen-bond acceptors (Lipinski definition) is 3. The van der Waals surface area contributed by atoms with Gasteiger partial charge in [0.1, 0.15) is 6.61 Å². The minimum absolute atomic E-state index is 0.0134. The van der Waals surface area contributed by atoms with Crippen molar-refractivity contribution in [1.29, 1.82) is 0 Å². The number of carbonyl (C=O) groups excluding carboxylic acids is 1. The Balaban J connectivity index is 1.67. The summed E-state index contributed by atoms with van der Waals surface area (Å²) < 4.78 is 11.1. The molecule has 0 aromatic heterocycles. The first-order chi connectivity index (χ1) is 9.29. The van der Waals surface area contributed by atoms with Gasteiger partial charge in [0.2, 0.25) is 5.91 Å². The molecular formula is C15H27NO3. The number of rotatable bonds is 5. The normalized spacial score (nSPS) is 29.1. The number of ether oxygens (including phenoxy) is 2. The molecule has 0 aliphatic heterocycles. The molecule has 0 bridgehead atoms. The second-order valence-corrected chi connectivity index (χ2v) is 5.80. The quantitative estimate of drug-likeness (QED) is 0.833. The summed E-state index contributed by atoms with van der Waals surface area (Å²) in [7, 11) is 1.73. The highest BCUT2D eigenvalue weighted by Gasteiger charge is 2.26. The lowest BCUT2D eigenvalue weighted by Gasteiger charge is -2.31. The molecule has 2 fully saturated rings. The van der Waals surface area contributed by atoms with Gasteiger partial charge in [-0.05, 0) is 25.7 Å². The first kappa shape index (κ1) is 14.8. The second-order valence-electron chi connectivity index (χ2n) is 5.80. The molecule has 1 amide bonds. The number of amides is 1. The van der Waals surface area contributed by atoms with Crippen molar-refractivity contribution in [2.24, 2.45) is 0 Å². The van der Waals surface area contributed by atoms with Crippen molar-refractivity contribution in [3.63, 3.8) is 0 Å². The molecule has 2 atom stereocenters. The van der Waals surface area contributed by atoms with E-state index in [1.807, 2.05) is 0 Å². The van der Waals surface area contributed by atoms with E-state index in [4.69, 9.17) is 9.47 Å². The molecule has 2 aliphatic rings. The summed E-state index contributed by atoms with van der Waals surface area (Å²) in [4.78, 5) is 11.9. The molecule has 1 N–H and O–H groups in total. The van der Waals surface area contributed by atoms with E-state index in [2.05, 4.69) is 5.32 Å². The summed E-state index contributed by atoms with van der Waals surface area (Å²) in [6.07, 6.45) is 10.9. The molecule has 4 nitrogen and oxygen atoms in total. The van der Waals surface area contributed by atoms with Crippen LogP contribution in [0.15, 0.2) is 0 Å². The molecule has 110 valence electrons. The van der Waals surface area contributed by atoms with Crippen molar-refractivity contribution in [2.45, 2.75) is 76.0 Å². The Morgan fingerprint density at radius 3 is 2.47 bits per heavy atom. The van der Waals surface area contributed by atoms with E-state index in [0.29, 0.717) is 6.10 Å². The van der Waals surface area contributed by atoms with E-state index in [1.165, 1.54) is 32.1 Å². The summed E-state index contributed by atoms with van der Waals surface area (Å²) >= 11 is 0. The van der Waals surface area contributed by atoms with Crippen LogP contribution in [0.4, 0.5) is 0 Å². The third-order valence-electron chi connectivity index (χ3n) is 4.35. The van der Waals surface area contributed by atoms with Gasteiger partial charge in [-0.3, -0.25) is 4.79 Å². The predicted octanol–water partition coefficient (Wildman–Crippen LogP) is 2.41. The van der Waals surface area contributed by atoms with E-state index in [-0.39, 0.29) is 24.7 Å². The third-order valence-corrected chi connectivity index (χ3v) is 4.35. The van der Waals surface area contributed by atoms with E-state index in [1.54, 1.807) is 7.11 Å². The Bertz CT molecular complexity index is 277. The molecule has 2 unspecified atom stereocenters. The maximum absolute atomic E-state index is 11.9. The van der Waals surface area contributed by atoms with Crippen molar-refractivity contribution in [3.8, 4) is 0 Å². The fourth-order valence-corrected chi connectivity index (χ4v) is 3.22. The Morgan fingerprint density at radius 2 is 1.74 bits per heavy atom. The Kier molecular flexibility index (Phi) is 6.11. The largest absolute Gasteiger partial charge is 0.379 e. The Morgan fingerprint density at radius 1 is 1.05 bits per heavy atom. The summed E-state index contributed by atoms with van der Waals surface area (Å²) in [5, 5.41) is 3.07. The lowest BCUT2D eigenvalue weighted by molar-refractivity contribution is -0.130. The van der Waals surface area contributed by atoms with Gasteiger partial charge in [0.15, 0.2) is 0 Å². The molecular weight excluding hydrogens is 242 g/mol. The maximum Gasteiger partial charge on any atom is 0.246 e. The molecule has 0 spiro atoms. The maximum atomic E-state index is 11.9. The van der Waals surface area contributed by atoms with Crippen molar-refractivity contribution >= 4 is 5.91 Å². The van der Waals surface area contributed by atoms with Gasteiger partial charge in [-0.25, -0.2) is 0 Å². The van der Waals surface area contributed by atoms with E-state index in [9.17, 15) is 4.79 Å². The molecule has 0 saturated heterocycles. The standard InChI is InChI=1S/C15H27NO3/c1-18-14-10-6-5-9-13(14)16-15(17)11-19-12-7-3-2-4-8-12/h12-14H,2-11H2,1H3,(H,16,17). The van der Waals surface area contributed by atoms with Crippen LogP contribution in [0, 0.1) is 0 Å². The van der Waals surface area contributed by atoms with Crippen molar-refractivity contribution < 1.29 is 14.3 Å². The zero-order valence-electron chi connectivity index (χ0n) is 12.0. The van der Waals surface area contributed by atoms with Gasteiger partial charge >= 0.3 is 0 Å². The van der Waals surface area contributed by atoms with Crippen molar-refractivity contribution in [3.05, 3.63) is 0 Å². The predicted molar refractivity (Wildman–Crippen MR) is 74.0 cm³/mol. The Labute approximate surface area is 116 Å². The average Bonchev–Trinajstić information content (AvgIpc) is 2.47. The van der Waals surface area contributed by atoms with Gasteiger partial charge in [0.05, 0.1) is 18.2 Å². The number of methoxy groups -OCH3 is 1. The minimum atomic E-state index is 0.0134. The van der Waals surface area contributed by atoms with E-state index in [0.717, 1.165) is 25.7 Å². The molecule has 0 radical (unpaired) electrons. The fourth-order valence-electron chi connectivity index (χ4n) is 3.22. The van der Waals surface area contributed by atoms with Gasteiger partial charge in [-0.15, -0.1) is 0 Å². The highest BCUT2D eigenvalue weighted by molar-refractivity contribution is 5.77. The summed E-state index contributed by atoms with van der Waals surface area (Å²) in [6, 6.07) is 0.168. The molecule has 19 heavy (non-hydrogen) atoms. The number of carbonyl (C=O) groups is 1. The van der Waals surface area contributed by atoms with Crippen LogP contribution in [0.1, 0.15) is 57.8 Å². The van der Waals surface area contributed by atoms with Gasteiger partial charge in [0, 0.05) is 7.11 Å². The summed E-state index contributed by atoms with van der Waals surface area (Å²) in [6.45, 7) is 0.206. The molecule has 2 rings (SSSR count). The zero-order valence-corrected chi connectivity index (χ0v) is 12.0. The Hall–Kier alpha value is -0.610. The lowest BCUT2D eigenvalue weighted by Crippen LogP contribution is -2.47. The highest BCUT2D eigenvalue weighted by atomic mass is 16.5. The van der Waals surface area contributed by atoms with Crippen LogP contribution in [0.25, 0.3) is 0 Å². The molecule has 4 heteroatoms. The van der Waals surface area contributed by atoms with Crippen molar-refractivity contribution in [1.82, 2.24) is 5.32 Å². The number of hydrogen-bond donors (Lipinski definition) is 1. The monoisotopic (exact) mass is 269 g/mol. The van der Waals surface area contributed by atoms with Gasteiger partial charge in [0.25, 0.3) is 0 Å². The lowest BCUT2D eigenvalue weighted by atomic mass is 9.92. The molecule has 0 aromatic rings. The SMILES string of the molecule is COC1CCCCC1NC(=O)COC1CCCCC1. The van der Waals surface area contributed by atoms with Crippen molar-refractivity contribution in [2.75, 3.05) is 13.7 Å². The first-order valence-corrected chi connectivity index (χ1v) is 7.73. The zero-order chi connectivity index (χ0) is 13.5. The van der Waals surface area contributed by atoms with E-state index < -0.39 is 0 Å². The minimum Gasteiger partial charge on any atom is -0.379 e. The van der Waals surface area contributed by atoms with Gasteiger partial charge in [-0.2, -0.15) is 0 Å². The summed E-state index contributed by atoms with van der Waals surface area (Å²) in [5.41, 5.74) is 0. The van der Waals surface area contributed by atoms with Crippen LogP contribution in [0.3, 0.4) is 0 Å². The highest BCUT2D eigenvalue weighted by Crippen LogP contribution is 2.21.